The third-order valence-corrected chi connectivity index (χ3v) is 2.93. The predicted molar refractivity (Wildman–Crippen MR) is 55.7 cm³/mol. The minimum absolute atomic E-state index is 0.194. The van der Waals surface area contributed by atoms with Gasteiger partial charge in [0.05, 0.1) is 19.3 Å². The van der Waals surface area contributed by atoms with Crippen LogP contribution < -0.4 is 0 Å². The molecule has 0 aromatic rings. The molecule has 86 valence electrons. The zero-order valence-corrected chi connectivity index (χ0v) is 9.66. The molecule has 0 spiro atoms. The SMILES string of the molecule is CC(C)(C)OC(=O)N1CCC2COCC21. The second kappa shape index (κ2) is 3.67. The van der Waals surface area contributed by atoms with Gasteiger partial charge >= 0.3 is 6.09 Å². The van der Waals surface area contributed by atoms with Crippen molar-refractivity contribution < 1.29 is 14.3 Å². The number of hydrogen-bond acceptors (Lipinski definition) is 3. The maximum absolute atomic E-state index is 11.9. The van der Waals surface area contributed by atoms with Crippen LogP contribution in [0.4, 0.5) is 4.79 Å². The molecule has 0 N–H and O–H groups in total. The van der Waals surface area contributed by atoms with Gasteiger partial charge in [-0.3, -0.25) is 0 Å². The average molecular weight is 213 g/mol. The summed E-state index contributed by atoms with van der Waals surface area (Å²) in [5, 5.41) is 0. The highest BCUT2D eigenvalue weighted by Gasteiger charge is 2.42. The molecule has 2 aliphatic rings. The van der Waals surface area contributed by atoms with Gasteiger partial charge in [-0.2, -0.15) is 0 Å². The molecule has 0 aliphatic carbocycles. The highest BCUT2D eigenvalue weighted by Crippen LogP contribution is 2.30. The van der Waals surface area contributed by atoms with Crippen molar-refractivity contribution in [3.05, 3.63) is 0 Å². The summed E-state index contributed by atoms with van der Waals surface area (Å²) >= 11 is 0. The van der Waals surface area contributed by atoms with Gasteiger partial charge in [-0.1, -0.05) is 0 Å². The summed E-state index contributed by atoms with van der Waals surface area (Å²) in [5.74, 6) is 0.525. The number of rotatable bonds is 0. The van der Waals surface area contributed by atoms with Crippen molar-refractivity contribution in [1.82, 2.24) is 4.90 Å². The van der Waals surface area contributed by atoms with Crippen LogP contribution in [0, 0.1) is 5.92 Å². The highest BCUT2D eigenvalue weighted by atomic mass is 16.6. The first kappa shape index (κ1) is 10.7. The van der Waals surface area contributed by atoms with Crippen LogP contribution in [0.2, 0.25) is 0 Å². The van der Waals surface area contributed by atoms with Crippen molar-refractivity contribution in [2.75, 3.05) is 19.8 Å². The van der Waals surface area contributed by atoms with E-state index in [1.54, 1.807) is 0 Å². The summed E-state index contributed by atoms with van der Waals surface area (Å²) in [5.41, 5.74) is -0.408. The van der Waals surface area contributed by atoms with E-state index < -0.39 is 5.60 Å². The molecule has 2 fully saturated rings. The molecule has 0 radical (unpaired) electrons. The van der Waals surface area contributed by atoms with Crippen LogP contribution in [0.15, 0.2) is 0 Å². The number of nitrogens with zero attached hydrogens (tertiary/aromatic N) is 1. The first-order valence-corrected chi connectivity index (χ1v) is 5.55. The van der Waals surface area contributed by atoms with Gasteiger partial charge in [-0.05, 0) is 27.2 Å². The molecular weight excluding hydrogens is 194 g/mol. The Balaban J connectivity index is 1.96. The van der Waals surface area contributed by atoms with Crippen LogP contribution in [0.1, 0.15) is 27.2 Å². The Labute approximate surface area is 90.5 Å². The van der Waals surface area contributed by atoms with E-state index in [0.29, 0.717) is 12.5 Å². The normalized spacial score (nSPS) is 30.5. The van der Waals surface area contributed by atoms with Crippen LogP contribution in [0.5, 0.6) is 0 Å². The van der Waals surface area contributed by atoms with Crippen molar-refractivity contribution in [3.8, 4) is 0 Å². The van der Waals surface area contributed by atoms with Crippen LogP contribution >= 0.6 is 0 Å². The quantitative estimate of drug-likeness (QED) is 0.614. The Bertz CT molecular complexity index is 259. The van der Waals surface area contributed by atoms with Gasteiger partial charge in [0.2, 0.25) is 0 Å². The van der Waals surface area contributed by atoms with Crippen LogP contribution in [-0.2, 0) is 9.47 Å². The number of fused-ring (bicyclic) bond motifs is 1. The van der Waals surface area contributed by atoms with Gasteiger partial charge in [0.25, 0.3) is 0 Å². The van der Waals surface area contributed by atoms with E-state index in [1.807, 2.05) is 25.7 Å². The van der Waals surface area contributed by atoms with Gasteiger partial charge in [0, 0.05) is 12.5 Å². The molecule has 2 heterocycles. The van der Waals surface area contributed by atoms with Crippen molar-refractivity contribution in [1.29, 1.82) is 0 Å². The lowest BCUT2D eigenvalue weighted by Crippen LogP contribution is -2.41. The zero-order chi connectivity index (χ0) is 11.1. The molecule has 2 aliphatic heterocycles. The van der Waals surface area contributed by atoms with Gasteiger partial charge in [-0.15, -0.1) is 0 Å². The Hall–Kier alpha value is -0.770. The van der Waals surface area contributed by atoms with Crippen LogP contribution in [0.3, 0.4) is 0 Å². The van der Waals surface area contributed by atoms with Gasteiger partial charge in [0.1, 0.15) is 5.60 Å². The van der Waals surface area contributed by atoms with Gasteiger partial charge in [-0.25, -0.2) is 4.79 Å². The summed E-state index contributed by atoms with van der Waals surface area (Å²) in [4.78, 5) is 13.7. The van der Waals surface area contributed by atoms with Crippen molar-refractivity contribution >= 4 is 6.09 Å². The lowest BCUT2D eigenvalue weighted by Gasteiger charge is -2.27. The Morgan fingerprint density at radius 3 is 2.80 bits per heavy atom. The third kappa shape index (κ3) is 2.25. The van der Waals surface area contributed by atoms with Gasteiger partial charge < -0.3 is 14.4 Å². The number of amides is 1. The van der Waals surface area contributed by atoms with E-state index in [0.717, 1.165) is 19.6 Å². The monoisotopic (exact) mass is 213 g/mol. The van der Waals surface area contributed by atoms with Crippen molar-refractivity contribution in [2.45, 2.75) is 38.8 Å². The van der Waals surface area contributed by atoms with E-state index in [-0.39, 0.29) is 12.1 Å². The van der Waals surface area contributed by atoms with E-state index in [2.05, 4.69) is 0 Å². The molecule has 0 bridgehead atoms. The van der Waals surface area contributed by atoms with Crippen LogP contribution in [-0.4, -0.2) is 42.4 Å². The summed E-state index contributed by atoms with van der Waals surface area (Å²) in [6.07, 6.45) is 0.852. The number of carbonyl (C=O) groups excluding carboxylic acids is 1. The average Bonchev–Trinajstić information content (AvgIpc) is 2.57. The molecule has 4 heteroatoms. The maximum atomic E-state index is 11.9. The fourth-order valence-corrected chi connectivity index (χ4v) is 2.23. The topological polar surface area (TPSA) is 38.8 Å². The number of hydrogen-bond donors (Lipinski definition) is 0. The van der Waals surface area contributed by atoms with E-state index in [1.165, 1.54) is 0 Å². The molecule has 4 nitrogen and oxygen atoms in total. The molecule has 0 aromatic carbocycles. The molecule has 2 atom stereocenters. The van der Waals surface area contributed by atoms with E-state index in [9.17, 15) is 4.79 Å². The maximum Gasteiger partial charge on any atom is 0.410 e. The summed E-state index contributed by atoms with van der Waals surface area (Å²) < 4.78 is 10.7. The molecule has 2 unspecified atom stereocenters. The Morgan fingerprint density at radius 1 is 1.40 bits per heavy atom. The van der Waals surface area contributed by atoms with Crippen LogP contribution in [0.25, 0.3) is 0 Å². The number of carbonyl (C=O) groups is 1. The van der Waals surface area contributed by atoms with Gasteiger partial charge in [0.15, 0.2) is 0 Å². The molecule has 0 aromatic heterocycles. The molecular formula is C11H19NO3. The van der Waals surface area contributed by atoms with Crippen molar-refractivity contribution in [2.24, 2.45) is 5.92 Å². The molecule has 1 amide bonds. The first-order chi connectivity index (χ1) is 6.97. The molecule has 0 saturated carbocycles. The molecule has 2 rings (SSSR count). The summed E-state index contributed by atoms with van der Waals surface area (Å²) in [6.45, 7) is 7.96. The summed E-state index contributed by atoms with van der Waals surface area (Å²) in [6, 6.07) is 0.250. The lowest BCUT2D eigenvalue weighted by atomic mass is 10.1. The fourth-order valence-electron chi connectivity index (χ4n) is 2.23. The third-order valence-electron chi connectivity index (χ3n) is 2.93. The zero-order valence-electron chi connectivity index (χ0n) is 9.66. The number of likely N-dealkylation sites (tertiary alicyclic amines) is 1. The first-order valence-electron chi connectivity index (χ1n) is 5.55. The second-order valence-corrected chi connectivity index (χ2v) is 5.33. The predicted octanol–water partition coefficient (Wildman–Crippen LogP) is 1.64. The summed E-state index contributed by atoms with van der Waals surface area (Å²) in [7, 11) is 0. The molecule has 2 saturated heterocycles. The van der Waals surface area contributed by atoms with E-state index in [4.69, 9.17) is 9.47 Å². The second-order valence-electron chi connectivity index (χ2n) is 5.33. The standard InChI is InChI=1S/C11H19NO3/c1-11(2,3)15-10(13)12-5-4-8-6-14-7-9(8)12/h8-9H,4-7H2,1-3H3. The highest BCUT2D eigenvalue weighted by molar-refractivity contribution is 5.69. The minimum Gasteiger partial charge on any atom is -0.444 e. The lowest BCUT2D eigenvalue weighted by molar-refractivity contribution is 0.0195. The molecule has 15 heavy (non-hydrogen) atoms. The largest absolute Gasteiger partial charge is 0.444 e. The smallest absolute Gasteiger partial charge is 0.410 e. The Kier molecular flexibility index (Phi) is 2.63. The van der Waals surface area contributed by atoms with E-state index >= 15 is 0 Å². The minimum atomic E-state index is -0.408. The number of ether oxygens (including phenoxy) is 2. The fraction of sp³-hybridized carbons (Fsp3) is 0.909. The van der Waals surface area contributed by atoms with Crippen molar-refractivity contribution in [3.63, 3.8) is 0 Å². The Morgan fingerprint density at radius 2 is 2.13 bits per heavy atom.